The second kappa shape index (κ2) is 13.8. The Balaban J connectivity index is 1.89. The van der Waals surface area contributed by atoms with Crippen molar-refractivity contribution in [1.29, 1.82) is 0 Å². The van der Waals surface area contributed by atoms with Crippen LogP contribution in [0.4, 0.5) is 0 Å². The number of ether oxygens (including phenoxy) is 2. The molecule has 1 aliphatic heterocycles. The minimum atomic E-state index is -1.03. The van der Waals surface area contributed by atoms with Crippen molar-refractivity contribution in [3.05, 3.63) is 12.2 Å². The summed E-state index contributed by atoms with van der Waals surface area (Å²) in [5.41, 5.74) is 0. The van der Waals surface area contributed by atoms with Crippen LogP contribution >= 0.6 is 0 Å². The third-order valence-corrected chi connectivity index (χ3v) is 4.41. The molecule has 0 radical (unpaired) electrons. The van der Waals surface area contributed by atoms with Gasteiger partial charge in [-0.2, -0.15) is 0 Å². The van der Waals surface area contributed by atoms with Gasteiger partial charge in [0, 0.05) is 6.61 Å². The van der Waals surface area contributed by atoms with E-state index in [0.717, 1.165) is 19.3 Å². The molecule has 142 valence electrons. The summed E-state index contributed by atoms with van der Waals surface area (Å²) in [7, 11) is 0. The van der Waals surface area contributed by atoms with Crippen LogP contribution in [0.15, 0.2) is 12.2 Å². The maximum absolute atomic E-state index is 9.88. The van der Waals surface area contributed by atoms with Crippen molar-refractivity contribution in [2.75, 3.05) is 19.8 Å². The molecule has 0 aromatic carbocycles. The topological polar surface area (TPSA) is 79.2 Å². The molecule has 0 saturated carbocycles. The molecule has 1 fully saturated rings. The molecule has 0 bridgehead atoms. The molecule has 0 amide bonds. The fourth-order valence-electron chi connectivity index (χ4n) is 2.84. The lowest BCUT2D eigenvalue weighted by Gasteiger charge is -2.20. The second-order valence-electron chi connectivity index (χ2n) is 6.67. The molecule has 24 heavy (non-hydrogen) atoms. The summed E-state index contributed by atoms with van der Waals surface area (Å²) in [5, 5.41) is 28.9. The van der Waals surface area contributed by atoms with E-state index in [1.54, 1.807) is 0 Å². The lowest BCUT2D eigenvalue weighted by Crippen LogP contribution is -2.40. The summed E-state index contributed by atoms with van der Waals surface area (Å²) < 4.78 is 10.6. The molecule has 0 spiro atoms. The Morgan fingerprint density at radius 1 is 1.04 bits per heavy atom. The van der Waals surface area contributed by atoms with Gasteiger partial charge in [0.1, 0.15) is 24.4 Å². The van der Waals surface area contributed by atoms with Gasteiger partial charge in [-0.15, -0.1) is 0 Å². The summed E-state index contributed by atoms with van der Waals surface area (Å²) in [6, 6.07) is 0. The first-order chi connectivity index (χ1) is 11.7. The van der Waals surface area contributed by atoms with Crippen LogP contribution in [-0.4, -0.2) is 59.6 Å². The highest BCUT2D eigenvalue weighted by atomic mass is 16.5. The third-order valence-electron chi connectivity index (χ3n) is 4.41. The Morgan fingerprint density at radius 2 is 1.71 bits per heavy atom. The number of aliphatic hydroxyl groups is 3. The molecule has 5 nitrogen and oxygen atoms in total. The fraction of sp³-hybridized carbons (Fsp3) is 0.895. The molecule has 0 aliphatic carbocycles. The minimum absolute atomic E-state index is 0.0618. The van der Waals surface area contributed by atoms with Crippen LogP contribution < -0.4 is 0 Å². The quantitative estimate of drug-likeness (QED) is 0.333. The molecule has 1 rings (SSSR count). The van der Waals surface area contributed by atoms with Crippen molar-refractivity contribution in [3.8, 4) is 0 Å². The molecule has 0 aromatic heterocycles. The molecule has 3 N–H and O–H groups in total. The zero-order valence-corrected chi connectivity index (χ0v) is 15.1. The van der Waals surface area contributed by atoms with Crippen molar-refractivity contribution < 1.29 is 24.8 Å². The van der Waals surface area contributed by atoms with Gasteiger partial charge in [0.25, 0.3) is 0 Å². The first kappa shape index (κ1) is 21.6. The van der Waals surface area contributed by atoms with E-state index < -0.39 is 24.4 Å². The highest BCUT2D eigenvalue weighted by molar-refractivity contribution is 4.87. The van der Waals surface area contributed by atoms with E-state index in [0.29, 0.717) is 6.61 Å². The van der Waals surface area contributed by atoms with Crippen LogP contribution in [-0.2, 0) is 9.47 Å². The summed E-state index contributed by atoms with van der Waals surface area (Å²) in [4.78, 5) is 0. The van der Waals surface area contributed by atoms with Gasteiger partial charge in [-0.1, -0.05) is 51.2 Å². The van der Waals surface area contributed by atoms with Gasteiger partial charge in [0.15, 0.2) is 0 Å². The van der Waals surface area contributed by atoms with Crippen molar-refractivity contribution in [3.63, 3.8) is 0 Å². The highest BCUT2D eigenvalue weighted by Crippen LogP contribution is 2.17. The average Bonchev–Trinajstić information content (AvgIpc) is 2.91. The third kappa shape index (κ3) is 9.14. The molecule has 1 saturated heterocycles. The SMILES string of the molecule is CCCCCCCC/C=C/CCCOC[C@H](O)[C@H]1OC[C@@H](O)[C@H]1O. The molecular formula is C19H36O5. The molecule has 5 heteroatoms. The summed E-state index contributed by atoms with van der Waals surface area (Å²) in [6.07, 6.45) is 11.9. The van der Waals surface area contributed by atoms with E-state index >= 15 is 0 Å². The molecule has 0 aromatic rings. The van der Waals surface area contributed by atoms with Crippen LogP contribution in [0, 0.1) is 0 Å². The van der Waals surface area contributed by atoms with E-state index in [9.17, 15) is 15.3 Å². The van der Waals surface area contributed by atoms with Crippen LogP contribution in [0.25, 0.3) is 0 Å². The van der Waals surface area contributed by atoms with Crippen molar-refractivity contribution in [2.24, 2.45) is 0 Å². The Hall–Kier alpha value is -0.460. The Kier molecular flexibility index (Phi) is 12.4. The normalized spacial score (nSPS) is 25.6. The maximum atomic E-state index is 9.88. The van der Waals surface area contributed by atoms with Gasteiger partial charge in [-0.25, -0.2) is 0 Å². The van der Waals surface area contributed by atoms with Crippen LogP contribution in [0.5, 0.6) is 0 Å². The zero-order valence-electron chi connectivity index (χ0n) is 15.1. The number of allylic oxidation sites excluding steroid dienone is 2. The van der Waals surface area contributed by atoms with Gasteiger partial charge in [0.2, 0.25) is 0 Å². The van der Waals surface area contributed by atoms with Gasteiger partial charge in [0.05, 0.1) is 13.2 Å². The lowest BCUT2D eigenvalue weighted by molar-refractivity contribution is -0.0811. The Morgan fingerprint density at radius 3 is 2.38 bits per heavy atom. The van der Waals surface area contributed by atoms with Crippen molar-refractivity contribution >= 4 is 0 Å². The molecule has 4 atom stereocenters. The summed E-state index contributed by atoms with van der Waals surface area (Å²) >= 11 is 0. The fourth-order valence-corrected chi connectivity index (χ4v) is 2.84. The Labute approximate surface area is 146 Å². The highest BCUT2D eigenvalue weighted by Gasteiger charge is 2.39. The zero-order chi connectivity index (χ0) is 17.6. The first-order valence-electron chi connectivity index (χ1n) is 9.55. The number of hydrogen-bond acceptors (Lipinski definition) is 5. The lowest BCUT2D eigenvalue weighted by atomic mass is 10.1. The molecule has 1 aliphatic rings. The monoisotopic (exact) mass is 344 g/mol. The minimum Gasteiger partial charge on any atom is -0.388 e. The molecule has 1 heterocycles. The van der Waals surface area contributed by atoms with E-state index in [1.807, 2.05) is 0 Å². The number of unbranched alkanes of at least 4 members (excludes halogenated alkanes) is 7. The van der Waals surface area contributed by atoms with Gasteiger partial charge in [-0.05, 0) is 25.7 Å². The Bertz CT molecular complexity index is 321. The smallest absolute Gasteiger partial charge is 0.114 e. The van der Waals surface area contributed by atoms with Gasteiger partial charge in [-0.3, -0.25) is 0 Å². The number of aliphatic hydroxyl groups excluding tert-OH is 3. The van der Waals surface area contributed by atoms with Gasteiger partial charge >= 0.3 is 0 Å². The van der Waals surface area contributed by atoms with Crippen LogP contribution in [0.3, 0.4) is 0 Å². The summed E-state index contributed by atoms with van der Waals surface area (Å²) in [6.45, 7) is 3.00. The predicted molar refractivity (Wildman–Crippen MR) is 94.9 cm³/mol. The van der Waals surface area contributed by atoms with E-state index in [2.05, 4.69) is 19.1 Å². The van der Waals surface area contributed by atoms with Crippen LogP contribution in [0.2, 0.25) is 0 Å². The summed E-state index contributed by atoms with van der Waals surface area (Å²) in [5.74, 6) is 0. The molecule has 0 unspecified atom stereocenters. The molecular weight excluding hydrogens is 308 g/mol. The largest absolute Gasteiger partial charge is 0.388 e. The average molecular weight is 344 g/mol. The van der Waals surface area contributed by atoms with E-state index in [4.69, 9.17) is 9.47 Å². The van der Waals surface area contributed by atoms with Gasteiger partial charge < -0.3 is 24.8 Å². The maximum Gasteiger partial charge on any atom is 0.114 e. The van der Waals surface area contributed by atoms with Crippen molar-refractivity contribution in [1.82, 2.24) is 0 Å². The number of hydrogen-bond donors (Lipinski definition) is 3. The predicted octanol–water partition coefficient (Wildman–Crippen LogP) is 2.57. The van der Waals surface area contributed by atoms with E-state index in [1.165, 1.54) is 38.5 Å². The van der Waals surface area contributed by atoms with Crippen LogP contribution in [0.1, 0.15) is 64.7 Å². The standard InChI is InChI=1S/C19H36O5/c1-2-3-4-5-6-7-8-9-10-11-12-13-23-14-17(21)19-18(22)16(20)15-24-19/h9-10,16-22H,2-8,11-15H2,1H3/b10-9+/t16-,17+,18-,19-/m1/s1. The van der Waals surface area contributed by atoms with Crippen molar-refractivity contribution in [2.45, 2.75) is 89.1 Å². The van der Waals surface area contributed by atoms with E-state index in [-0.39, 0.29) is 13.2 Å². The first-order valence-corrected chi connectivity index (χ1v) is 9.55. The number of rotatable bonds is 14. The second-order valence-corrected chi connectivity index (χ2v) is 6.67.